The van der Waals surface area contributed by atoms with Crippen LogP contribution >= 0.6 is 11.3 Å². The second-order valence-electron chi connectivity index (χ2n) is 5.76. The van der Waals surface area contributed by atoms with Crippen molar-refractivity contribution in [3.63, 3.8) is 0 Å². The Labute approximate surface area is 174 Å². The summed E-state index contributed by atoms with van der Waals surface area (Å²) in [5, 5.41) is 27.9. The minimum Gasteiger partial charge on any atom is -0.308 e. The molecule has 3 aromatic rings. The number of nitro groups is 1. The van der Waals surface area contributed by atoms with Crippen molar-refractivity contribution >= 4 is 46.0 Å². The number of urea groups is 1. The van der Waals surface area contributed by atoms with E-state index in [0.717, 1.165) is 11.3 Å². The number of anilines is 2. The van der Waals surface area contributed by atoms with Gasteiger partial charge in [-0.25, -0.2) is 10.2 Å². The summed E-state index contributed by atoms with van der Waals surface area (Å²) in [6.45, 7) is 0. The molecule has 0 saturated carbocycles. The minimum absolute atomic E-state index is 0.0330. The van der Waals surface area contributed by atoms with Crippen LogP contribution in [0, 0.1) is 10.1 Å². The number of hydrazone groups is 1. The molecular formula is C18H15N7O4S. The van der Waals surface area contributed by atoms with Gasteiger partial charge in [0.2, 0.25) is 11.0 Å². The Morgan fingerprint density at radius 2 is 1.80 bits per heavy atom. The van der Waals surface area contributed by atoms with Crippen LogP contribution in [-0.2, 0) is 11.2 Å². The second kappa shape index (κ2) is 9.84. The van der Waals surface area contributed by atoms with Crippen molar-refractivity contribution in [2.75, 3.05) is 10.6 Å². The molecule has 3 amide bonds. The van der Waals surface area contributed by atoms with Crippen molar-refractivity contribution in [1.29, 1.82) is 0 Å². The van der Waals surface area contributed by atoms with Gasteiger partial charge in [0.05, 0.1) is 17.6 Å². The quantitative estimate of drug-likeness (QED) is 0.301. The van der Waals surface area contributed by atoms with Gasteiger partial charge in [0, 0.05) is 17.8 Å². The number of aromatic nitrogens is 2. The lowest BCUT2D eigenvalue weighted by molar-refractivity contribution is -0.384. The van der Waals surface area contributed by atoms with E-state index in [1.165, 1.54) is 30.5 Å². The average Bonchev–Trinajstić information content (AvgIpc) is 3.15. The van der Waals surface area contributed by atoms with Gasteiger partial charge in [-0.05, 0) is 29.8 Å². The number of rotatable bonds is 7. The number of carbonyl (C=O) groups is 2. The molecule has 11 nitrogen and oxygen atoms in total. The third kappa shape index (κ3) is 6.17. The van der Waals surface area contributed by atoms with Gasteiger partial charge in [0.25, 0.3) is 5.69 Å². The summed E-state index contributed by atoms with van der Waals surface area (Å²) in [5.41, 5.74) is 3.52. The van der Waals surface area contributed by atoms with Gasteiger partial charge in [-0.1, -0.05) is 29.5 Å². The fourth-order valence-electron chi connectivity index (χ4n) is 2.19. The van der Waals surface area contributed by atoms with E-state index in [2.05, 4.69) is 31.4 Å². The van der Waals surface area contributed by atoms with Crippen LogP contribution in [0.4, 0.5) is 21.3 Å². The second-order valence-corrected chi connectivity index (χ2v) is 6.83. The van der Waals surface area contributed by atoms with Crippen LogP contribution < -0.4 is 16.1 Å². The first-order chi connectivity index (χ1) is 14.5. The number of benzene rings is 2. The van der Waals surface area contributed by atoms with Gasteiger partial charge in [-0.2, -0.15) is 5.10 Å². The zero-order valence-electron chi connectivity index (χ0n) is 15.3. The molecular weight excluding hydrogens is 410 g/mol. The SMILES string of the molecule is O=C(Cc1nnc(NC(=O)Nc2ccccc2)s1)N/N=C/c1ccc([N+](=O)[O-])cc1. The Balaban J connectivity index is 1.46. The molecule has 0 aliphatic heterocycles. The zero-order valence-corrected chi connectivity index (χ0v) is 16.1. The number of nitrogens with zero attached hydrogens (tertiary/aromatic N) is 4. The first-order valence-corrected chi connectivity index (χ1v) is 9.33. The molecule has 0 radical (unpaired) electrons. The smallest absolute Gasteiger partial charge is 0.308 e. The molecule has 0 aliphatic rings. The summed E-state index contributed by atoms with van der Waals surface area (Å²) in [5.74, 6) is -0.426. The van der Waals surface area contributed by atoms with Crippen LogP contribution in [0.15, 0.2) is 59.7 Å². The summed E-state index contributed by atoms with van der Waals surface area (Å²) in [7, 11) is 0. The van der Waals surface area contributed by atoms with Gasteiger partial charge in [-0.3, -0.25) is 20.2 Å². The van der Waals surface area contributed by atoms with Crippen LogP contribution in [0.2, 0.25) is 0 Å². The molecule has 0 fully saturated rings. The highest BCUT2D eigenvalue weighted by atomic mass is 32.1. The highest BCUT2D eigenvalue weighted by Crippen LogP contribution is 2.16. The predicted molar refractivity (Wildman–Crippen MR) is 112 cm³/mol. The largest absolute Gasteiger partial charge is 0.325 e. The standard InChI is InChI=1S/C18H15N7O4S/c26-15(22-19-11-12-6-8-14(9-7-12)25(28)29)10-16-23-24-18(30-16)21-17(27)20-13-4-2-1-3-5-13/h1-9,11H,10H2,(H,22,26)(H2,20,21,24,27)/b19-11+. The molecule has 0 bridgehead atoms. The van der Waals surface area contributed by atoms with Gasteiger partial charge >= 0.3 is 6.03 Å². The lowest BCUT2D eigenvalue weighted by Gasteiger charge is -2.03. The maximum absolute atomic E-state index is 11.9. The summed E-state index contributed by atoms with van der Waals surface area (Å²) in [6, 6.07) is 14.1. The van der Waals surface area contributed by atoms with E-state index in [4.69, 9.17) is 0 Å². The van der Waals surface area contributed by atoms with E-state index in [1.54, 1.807) is 24.3 Å². The molecule has 0 unspecified atom stereocenters. The fourth-order valence-corrected chi connectivity index (χ4v) is 2.93. The van der Waals surface area contributed by atoms with Crippen LogP contribution in [0.5, 0.6) is 0 Å². The minimum atomic E-state index is -0.501. The Hall–Kier alpha value is -4.19. The monoisotopic (exact) mass is 425 g/mol. The van der Waals surface area contributed by atoms with Crippen molar-refractivity contribution in [3.8, 4) is 0 Å². The first kappa shape index (κ1) is 20.5. The zero-order chi connectivity index (χ0) is 21.3. The van der Waals surface area contributed by atoms with Crippen LogP contribution in [0.3, 0.4) is 0 Å². The van der Waals surface area contributed by atoms with Crippen molar-refractivity contribution in [2.24, 2.45) is 5.10 Å². The van der Waals surface area contributed by atoms with Gasteiger partial charge < -0.3 is 5.32 Å². The van der Waals surface area contributed by atoms with E-state index >= 15 is 0 Å². The number of nitrogens with one attached hydrogen (secondary N) is 3. The van der Waals surface area contributed by atoms with Crippen molar-refractivity contribution in [3.05, 3.63) is 75.3 Å². The van der Waals surface area contributed by atoms with Crippen molar-refractivity contribution < 1.29 is 14.5 Å². The molecule has 3 rings (SSSR count). The number of amides is 3. The molecule has 0 saturated heterocycles. The highest BCUT2D eigenvalue weighted by molar-refractivity contribution is 7.15. The molecule has 1 aromatic heterocycles. The third-order valence-electron chi connectivity index (χ3n) is 3.54. The molecule has 0 aliphatic carbocycles. The topological polar surface area (TPSA) is 152 Å². The number of carbonyl (C=O) groups excluding carboxylic acids is 2. The Kier molecular flexibility index (Phi) is 6.74. The number of hydrogen-bond donors (Lipinski definition) is 3. The van der Waals surface area contributed by atoms with E-state index in [-0.39, 0.29) is 17.2 Å². The van der Waals surface area contributed by atoms with Gasteiger partial charge in [0.1, 0.15) is 5.01 Å². The predicted octanol–water partition coefficient (Wildman–Crippen LogP) is 2.78. The van der Waals surface area contributed by atoms with E-state index < -0.39 is 16.9 Å². The van der Waals surface area contributed by atoms with Crippen LogP contribution in [0.1, 0.15) is 10.6 Å². The number of nitro benzene ring substituents is 1. The maximum Gasteiger partial charge on any atom is 0.325 e. The summed E-state index contributed by atoms with van der Waals surface area (Å²) in [6.07, 6.45) is 1.29. The molecule has 0 spiro atoms. The first-order valence-electron chi connectivity index (χ1n) is 8.51. The molecule has 0 atom stereocenters. The number of non-ortho nitro benzene ring substituents is 1. The molecule has 12 heteroatoms. The third-order valence-corrected chi connectivity index (χ3v) is 4.38. The Morgan fingerprint density at radius 3 is 2.50 bits per heavy atom. The Morgan fingerprint density at radius 1 is 1.07 bits per heavy atom. The average molecular weight is 425 g/mol. The molecule has 30 heavy (non-hydrogen) atoms. The fraction of sp³-hybridized carbons (Fsp3) is 0.0556. The summed E-state index contributed by atoms with van der Waals surface area (Å²) < 4.78 is 0. The van der Waals surface area contributed by atoms with E-state index in [0.29, 0.717) is 16.3 Å². The molecule has 3 N–H and O–H groups in total. The van der Waals surface area contributed by atoms with E-state index in [1.807, 2.05) is 6.07 Å². The Bertz CT molecular complexity index is 1070. The lowest BCUT2D eigenvalue weighted by Crippen LogP contribution is -2.19. The van der Waals surface area contributed by atoms with Crippen LogP contribution in [0.25, 0.3) is 0 Å². The molecule has 152 valence electrons. The summed E-state index contributed by atoms with van der Waals surface area (Å²) in [4.78, 5) is 34.0. The summed E-state index contributed by atoms with van der Waals surface area (Å²) >= 11 is 1.06. The molecule has 1 heterocycles. The van der Waals surface area contributed by atoms with Crippen molar-refractivity contribution in [1.82, 2.24) is 15.6 Å². The lowest BCUT2D eigenvalue weighted by atomic mass is 10.2. The molecule has 2 aromatic carbocycles. The number of hydrogen-bond acceptors (Lipinski definition) is 8. The van der Waals surface area contributed by atoms with Gasteiger partial charge in [-0.15, -0.1) is 10.2 Å². The van der Waals surface area contributed by atoms with Crippen LogP contribution in [-0.4, -0.2) is 33.3 Å². The van der Waals surface area contributed by atoms with E-state index in [9.17, 15) is 19.7 Å². The van der Waals surface area contributed by atoms with Crippen molar-refractivity contribution in [2.45, 2.75) is 6.42 Å². The number of para-hydroxylation sites is 1. The maximum atomic E-state index is 11.9. The van der Waals surface area contributed by atoms with Gasteiger partial charge in [0.15, 0.2) is 0 Å². The highest BCUT2D eigenvalue weighted by Gasteiger charge is 2.11. The normalized spacial score (nSPS) is 10.5.